The Balaban J connectivity index is 1.94. The molecule has 0 saturated carbocycles. The van der Waals surface area contributed by atoms with E-state index >= 15 is 0 Å². The number of hydrogen-bond donors (Lipinski definition) is 2. The molecule has 2 amide bonds. The van der Waals surface area contributed by atoms with Crippen LogP contribution in [-0.4, -0.2) is 18.4 Å². The fraction of sp³-hybridized carbons (Fsp3) is 0.758. The lowest BCUT2D eigenvalue weighted by atomic mass is 10.0. The fourth-order valence-corrected chi connectivity index (χ4v) is 4.84. The van der Waals surface area contributed by atoms with Crippen LogP contribution in [0.3, 0.4) is 0 Å². The second-order valence-electron chi connectivity index (χ2n) is 10.8. The minimum absolute atomic E-state index is 0.000724. The average Bonchev–Trinajstić information content (AvgIpc) is 2.90. The van der Waals surface area contributed by atoms with Gasteiger partial charge in [0.2, 0.25) is 5.91 Å². The third-order valence-electron chi connectivity index (χ3n) is 7.27. The van der Waals surface area contributed by atoms with Gasteiger partial charge in [0.05, 0.1) is 11.3 Å². The highest BCUT2D eigenvalue weighted by molar-refractivity contribution is 6.03. The van der Waals surface area contributed by atoms with Crippen molar-refractivity contribution in [1.29, 1.82) is 0 Å². The Hall–Kier alpha value is -1.84. The number of carbonyl (C=O) groups is 2. The molecule has 1 aromatic carbocycles. The molecule has 0 saturated heterocycles. The van der Waals surface area contributed by atoms with Crippen LogP contribution in [0.4, 0.5) is 5.69 Å². The molecule has 0 unspecified atom stereocenters. The highest BCUT2D eigenvalue weighted by Crippen LogP contribution is 2.17. The molecule has 0 bridgehead atoms. The topological polar surface area (TPSA) is 58.2 Å². The summed E-state index contributed by atoms with van der Waals surface area (Å²) in [5, 5.41) is 5.87. The van der Waals surface area contributed by atoms with E-state index in [1.54, 1.807) is 6.07 Å². The molecule has 0 spiro atoms. The lowest BCUT2D eigenvalue weighted by Crippen LogP contribution is -2.26. The lowest BCUT2D eigenvalue weighted by Gasteiger charge is -2.11. The highest BCUT2D eigenvalue weighted by Gasteiger charge is 2.12. The minimum Gasteiger partial charge on any atom is -0.352 e. The summed E-state index contributed by atoms with van der Waals surface area (Å²) in [6.07, 6.45) is 28.2. The number of amides is 2. The molecule has 0 fully saturated rings. The molecular formula is C33H58N2O2. The van der Waals surface area contributed by atoms with Crippen molar-refractivity contribution in [3.63, 3.8) is 0 Å². The molecule has 1 aromatic rings. The van der Waals surface area contributed by atoms with Crippen LogP contribution in [0.25, 0.3) is 0 Å². The first-order valence-corrected chi connectivity index (χ1v) is 15.9. The van der Waals surface area contributed by atoms with E-state index in [-0.39, 0.29) is 11.8 Å². The van der Waals surface area contributed by atoms with E-state index in [4.69, 9.17) is 0 Å². The van der Waals surface area contributed by atoms with Crippen molar-refractivity contribution in [2.24, 2.45) is 0 Å². The van der Waals surface area contributed by atoms with E-state index in [1.807, 2.05) is 18.2 Å². The number of anilines is 1. The Morgan fingerprint density at radius 3 is 1.49 bits per heavy atom. The zero-order chi connectivity index (χ0) is 26.8. The van der Waals surface area contributed by atoms with Gasteiger partial charge in [-0.05, 0) is 25.0 Å². The zero-order valence-electron chi connectivity index (χ0n) is 24.4. The third-order valence-corrected chi connectivity index (χ3v) is 7.27. The molecular weight excluding hydrogens is 456 g/mol. The molecule has 1 rings (SSSR count). The molecule has 212 valence electrons. The van der Waals surface area contributed by atoms with Crippen molar-refractivity contribution in [1.82, 2.24) is 5.32 Å². The second kappa shape index (κ2) is 24.5. The van der Waals surface area contributed by atoms with Crippen LogP contribution < -0.4 is 10.6 Å². The Bertz CT molecular complexity index is 689. The average molecular weight is 515 g/mol. The zero-order valence-corrected chi connectivity index (χ0v) is 24.4. The molecule has 0 aliphatic carbocycles. The maximum Gasteiger partial charge on any atom is 0.253 e. The first kappa shape index (κ1) is 33.2. The summed E-state index contributed by atoms with van der Waals surface area (Å²) < 4.78 is 0. The van der Waals surface area contributed by atoms with E-state index in [9.17, 15) is 9.59 Å². The van der Waals surface area contributed by atoms with Gasteiger partial charge in [-0.15, -0.1) is 0 Å². The van der Waals surface area contributed by atoms with Gasteiger partial charge in [-0.2, -0.15) is 0 Å². The van der Waals surface area contributed by atoms with Crippen molar-refractivity contribution >= 4 is 17.5 Å². The minimum atomic E-state index is -0.118. The summed E-state index contributed by atoms with van der Waals surface area (Å²) in [4.78, 5) is 24.8. The number of unbranched alkanes of at least 4 members (excludes halogenated alkanes) is 19. The molecule has 0 heterocycles. The normalized spacial score (nSPS) is 11.0. The fourth-order valence-electron chi connectivity index (χ4n) is 4.84. The van der Waals surface area contributed by atoms with Crippen LogP contribution in [-0.2, 0) is 4.79 Å². The molecule has 0 aromatic heterocycles. The van der Waals surface area contributed by atoms with Gasteiger partial charge in [-0.3, -0.25) is 9.59 Å². The van der Waals surface area contributed by atoms with Crippen LogP contribution in [0.1, 0.15) is 165 Å². The van der Waals surface area contributed by atoms with Gasteiger partial charge in [0.1, 0.15) is 0 Å². The highest BCUT2D eigenvalue weighted by atomic mass is 16.2. The number of para-hydroxylation sites is 1. The summed E-state index contributed by atoms with van der Waals surface area (Å²) in [5.74, 6) is -0.117. The number of carbonyl (C=O) groups excluding carboxylic acids is 2. The number of rotatable bonds is 25. The van der Waals surface area contributed by atoms with Crippen LogP contribution in [0.2, 0.25) is 0 Å². The Labute approximate surface area is 229 Å². The molecule has 2 N–H and O–H groups in total. The molecule has 0 radical (unpaired) electrons. The first-order valence-electron chi connectivity index (χ1n) is 15.9. The maximum atomic E-state index is 12.4. The third kappa shape index (κ3) is 19.0. The summed E-state index contributed by atoms with van der Waals surface area (Å²) in [6, 6.07) is 7.27. The Kier molecular flexibility index (Phi) is 22.0. The van der Waals surface area contributed by atoms with Crippen LogP contribution in [0, 0.1) is 0 Å². The van der Waals surface area contributed by atoms with Gasteiger partial charge in [-0.25, -0.2) is 0 Å². The van der Waals surface area contributed by atoms with Gasteiger partial charge in [-0.1, -0.05) is 148 Å². The van der Waals surface area contributed by atoms with Crippen molar-refractivity contribution in [3.8, 4) is 0 Å². The SMILES string of the molecule is CCCCCCCCCCCCCCCCCCCCCC(=O)Nc1ccccc1C(=O)NCCCC. The van der Waals surface area contributed by atoms with E-state index in [0.29, 0.717) is 24.2 Å². The predicted molar refractivity (Wildman–Crippen MR) is 160 cm³/mol. The summed E-state index contributed by atoms with van der Waals surface area (Å²) >= 11 is 0. The monoisotopic (exact) mass is 514 g/mol. The van der Waals surface area contributed by atoms with E-state index in [2.05, 4.69) is 24.5 Å². The van der Waals surface area contributed by atoms with Gasteiger partial charge in [0.15, 0.2) is 0 Å². The first-order chi connectivity index (χ1) is 18.2. The number of hydrogen-bond acceptors (Lipinski definition) is 2. The van der Waals surface area contributed by atoms with Crippen molar-refractivity contribution in [2.45, 2.75) is 155 Å². The van der Waals surface area contributed by atoms with Gasteiger partial charge in [0.25, 0.3) is 5.91 Å². The predicted octanol–water partition coefficient (Wildman–Crippen LogP) is 9.98. The van der Waals surface area contributed by atoms with Crippen LogP contribution >= 0.6 is 0 Å². The van der Waals surface area contributed by atoms with E-state index in [1.165, 1.54) is 109 Å². The summed E-state index contributed by atoms with van der Waals surface area (Å²) in [6.45, 7) is 5.05. The van der Waals surface area contributed by atoms with E-state index < -0.39 is 0 Å². The van der Waals surface area contributed by atoms with Crippen LogP contribution in [0.5, 0.6) is 0 Å². The molecule has 4 nitrogen and oxygen atoms in total. The van der Waals surface area contributed by atoms with Gasteiger partial charge < -0.3 is 10.6 Å². The molecule has 0 aliphatic heterocycles. The molecule has 0 atom stereocenters. The molecule has 4 heteroatoms. The quantitative estimate of drug-likeness (QED) is 0.128. The Morgan fingerprint density at radius 1 is 0.568 bits per heavy atom. The Morgan fingerprint density at radius 2 is 1.00 bits per heavy atom. The smallest absolute Gasteiger partial charge is 0.253 e. The standard InChI is InChI=1S/C33H58N2O2/c1-3-5-7-8-9-10-11-12-13-14-15-16-17-18-19-20-21-22-23-28-32(36)35-31-27-25-24-26-30(31)33(37)34-29-6-4-2/h24-27H,3-23,28-29H2,1-2H3,(H,34,37)(H,35,36). The van der Waals surface area contributed by atoms with Crippen molar-refractivity contribution in [2.75, 3.05) is 11.9 Å². The maximum absolute atomic E-state index is 12.4. The van der Waals surface area contributed by atoms with E-state index in [0.717, 1.165) is 25.7 Å². The second-order valence-corrected chi connectivity index (χ2v) is 10.8. The van der Waals surface area contributed by atoms with Crippen molar-refractivity contribution in [3.05, 3.63) is 29.8 Å². The summed E-state index contributed by atoms with van der Waals surface area (Å²) in [5.41, 5.74) is 1.15. The van der Waals surface area contributed by atoms with Crippen molar-refractivity contribution < 1.29 is 9.59 Å². The molecule has 0 aliphatic rings. The van der Waals surface area contributed by atoms with Gasteiger partial charge >= 0.3 is 0 Å². The lowest BCUT2D eigenvalue weighted by molar-refractivity contribution is -0.116. The number of nitrogens with one attached hydrogen (secondary N) is 2. The molecule has 37 heavy (non-hydrogen) atoms. The number of benzene rings is 1. The van der Waals surface area contributed by atoms with Gasteiger partial charge in [0, 0.05) is 13.0 Å². The largest absolute Gasteiger partial charge is 0.352 e. The van der Waals surface area contributed by atoms with Crippen LogP contribution in [0.15, 0.2) is 24.3 Å². The summed E-state index contributed by atoms with van der Waals surface area (Å²) in [7, 11) is 0.